The second-order valence-electron chi connectivity index (χ2n) is 6.38. The van der Waals surface area contributed by atoms with Crippen molar-refractivity contribution < 1.29 is 27.5 Å². The lowest BCUT2D eigenvalue weighted by atomic mass is 10.2. The quantitative estimate of drug-likeness (QED) is 0.482. The number of thiophene rings is 1. The van der Waals surface area contributed by atoms with Gasteiger partial charge in [0.1, 0.15) is 15.4 Å². The maximum Gasteiger partial charge on any atom is 0.416 e. The number of esters is 1. The molecule has 0 atom stereocenters. The van der Waals surface area contributed by atoms with E-state index in [1.165, 1.54) is 16.5 Å². The number of nitrogens with one attached hydrogen (secondary N) is 1. The lowest BCUT2D eigenvalue weighted by Gasteiger charge is -2.10. The Morgan fingerprint density at radius 3 is 2.71 bits per heavy atom. The van der Waals surface area contributed by atoms with Crippen LogP contribution in [-0.4, -0.2) is 27.9 Å². The number of carbonyl (C=O) groups is 2. The van der Waals surface area contributed by atoms with E-state index in [0.29, 0.717) is 10.5 Å². The van der Waals surface area contributed by atoms with Crippen molar-refractivity contribution in [2.75, 3.05) is 11.9 Å². The van der Waals surface area contributed by atoms with Gasteiger partial charge in [-0.3, -0.25) is 14.0 Å². The van der Waals surface area contributed by atoms with E-state index in [-0.39, 0.29) is 21.5 Å². The summed E-state index contributed by atoms with van der Waals surface area (Å²) in [5.74, 6) is -1.66. The van der Waals surface area contributed by atoms with Gasteiger partial charge in [-0.1, -0.05) is 12.1 Å². The fourth-order valence-corrected chi connectivity index (χ4v) is 3.74. The number of rotatable bonds is 4. The molecule has 3 heterocycles. The molecule has 31 heavy (non-hydrogen) atoms. The SMILES string of the molecule is O=C(COC(=O)c1cc2c(=O)n3ccccc3nc2s1)Nc1cccc(C(F)(F)F)c1. The molecule has 3 aromatic heterocycles. The Balaban J connectivity index is 1.46. The van der Waals surface area contributed by atoms with Crippen LogP contribution in [0.5, 0.6) is 0 Å². The molecule has 0 aliphatic rings. The van der Waals surface area contributed by atoms with Crippen LogP contribution in [0.15, 0.2) is 59.5 Å². The molecule has 0 spiro atoms. The highest BCUT2D eigenvalue weighted by Crippen LogP contribution is 2.30. The van der Waals surface area contributed by atoms with Crippen LogP contribution >= 0.6 is 11.3 Å². The van der Waals surface area contributed by atoms with Gasteiger partial charge in [0, 0.05) is 11.9 Å². The van der Waals surface area contributed by atoms with Crippen LogP contribution in [-0.2, 0) is 15.7 Å². The summed E-state index contributed by atoms with van der Waals surface area (Å²) in [4.78, 5) is 41.5. The van der Waals surface area contributed by atoms with Crippen LogP contribution in [0.1, 0.15) is 15.2 Å². The molecule has 11 heteroatoms. The van der Waals surface area contributed by atoms with E-state index in [2.05, 4.69) is 10.3 Å². The molecule has 0 bridgehead atoms. The number of halogens is 3. The highest BCUT2D eigenvalue weighted by molar-refractivity contribution is 7.20. The first-order chi connectivity index (χ1) is 14.7. The van der Waals surface area contributed by atoms with Crippen molar-refractivity contribution in [3.8, 4) is 0 Å². The lowest BCUT2D eigenvalue weighted by Crippen LogP contribution is -2.21. The van der Waals surface area contributed by atoms with Gasteiger partial charge in [-0.15, -0.1) is 11.3 Å². The van der Waals surface area contributed by atoms with Crippen LogP contribution in [0.25, 0.3) is 15.9 Å². The second-order valence-corrected chi connectivity index (χ2v) is 7.41. The van der Waals surface area contributed by atoms with E-state index < -0.39 is 30.2 Å². The molecule has 7 nitrogen and oxygen atoms in total. The maximum absolute atomic E-state index is 12.7. The number of aromatic nitrogens is 2. The Hall–Kier alpha value is -3.73. The topological polar surface area (TPSA) is 89.8 Å². The molecule has 0 unspecified atom stereocenters. The molecular formula is C20H12F3N3O4S. The third kappa shape index (κ3) is 4.26. The van der Waals surface area contributed by atoms with Crippen molar-refractivity contribution in [1.29, 1.82) is 0 Å². The molecule has 4 aromatic rings. The normalized spacial score (nSPS) is 11.6. The Morgan fingerprint density at radius 2 is 1.94 bits per heavy atom. The van der Waals surface area contributed by atoms with Crippen LogP contribution in [0.4, 0.5) is 18.9 Å². The third-order valence-corrected chi connectivity index (χ3v) is 5.23. The number of fused-ring (bicyclic) bond motifs is 2. The molecule has 1 amide bonds. The minimum absolute atomic E-state index is 0.0716. The van der Waals surface area contributed by atoms with Gasteiger partial charge >= 0.3 is 12.1 Å². The fraction of sp³-hybridized carbons (Fsp3) is 0.100. The predicted molar refractivity (Wildman–Crippen MR) is 107 cm³/mol. The van der Waals surface area contributed by atoms with Crippen molar-refractivity contribution in [2.24, 2.45) is 0 Å². The fourth-order valence-electron chi connectivity index (χ4n) is 2.82. The van der Waals surface area contributed by atoms with E-state index in [1.807, 2.05) is 0 Å². The number of alkyl halides is 3. The van der Waals surface area contributed by atoms with Crippen LogP contribution < -0.4 is 10.9 Å². The van der Waals surface area contributed by atoms with Gasteiger partial charge in [0.2, 0.25) is 0 Å². The number of hydrogen-bond acceptors (Lipinski definition) is 6. The first-order valence-electron chi connectivity index (χ1n) is 8.77. The van der Waals surface area contributed by atoms with Crippen molar-refractivity contribution in [3.05, 3.63) is 75.5 Å². The standard InChI is InChI=1S/C20H12F3N3O4S/c21-20(22,23)11-4-3-5-12(8-11)24-16(27)10-30-19(29)14-9-13-17(31-14)25-15-6-1-2-7-26(15)18(13)28/h1-9H,10H2,(H,24,27). The number of benzene rings is 1. The Morgan fingerprint density at radius 1 is 1.13 bits per heavy atom. The summed E-state index contributed by atoms with van der Waals surface area (Å²) in [6.45, 7) is -0.711. The maximum atomic E-state index is 12.7. The average molecular weight is 447 g/mol. The molecule has 0 aliphatic carbocycles. The number of amides is 1. The van der Waals surface area contributed by atoms with E-state index in [1.54, 1.807) is 24.4 Å². The van der Waals surface area contributed by atoms with E-state index >= 15 is 0 Å². The van der Waals surface area contributed by atoms with E-state index in [4.69, 9.17) is 4.74 Å². The van der Waals surface area contributed by atoms with Crippen molar-refractivity contribution in [3.63, 3.8) is 0 Å². The van der Waals surface area contributed by atoms with E-state index in [0.717, 1.165) is 29.5 Å². The van der Waals surface area contributed by atoms with Crippen LogP contribution in [0.2, 0.25) is 0 Å². The summed E-state index contributed by atoms with van der Waals surface area (Å²) in [7, 11) is 0. The molecule has 0 saturated carbocycles. The zero-order valence-corrected chi connectivity index (χ0v) is 16.3. The third-order valence-electron chi connectivity index (χ3n) is 4.23. The van der Waals surface area contributed by atoms with Gasteiger partial charge in [-0.25, -0.2) is 9.78 Å². The number of carbonyl (C=O) groups excluding carboxylic acids is 2. The van der Waals surface area contributed by atoms with Crippen molar-refractivity contribution in [1.82, 2.24) is 9.38 Å². The van der Waals surface area contributed by atoms with Gasteiger partial charge in [-0.05, 0) is 36.4 Å². The molecule has 1 N–H and O–H groups in total. The summed E-state index contributed by atoms with van der Waals surface area (Å²) in [6, 6.07) is 10.5. The molecule has 0 fully saturated rings. The van der Waals surface area contributed by atoms with Crippen molar-refractivity contribution in [2.45, 2.75) is 6.18 Å². The van der Waals surface area contributed by atoms with E-state index in [9.17, 15) is 27.6 Å². The smallest absolute Gasteiger partial charge is 0.416 e. The zero-order valence-electron chi connectivity index (χ0n) is 15.5. The Bertz CT molecular complexity index is 1380. The second kappa shape index (κ2) is 7.84. The predicted octanol–water partition coefficient (Wildman–Crippen LogP) is 3.72. The van der Waals surface area contributed by atoms with Gasteiger partial charge < -0.3 is 10.1 Å². The molecule has 0 aliphatic heterocycles. The molecule has 0 radical (unpaired) electrons. The van der Waals surface area contributed by atoms with Gasteiger partial charge in [0.05, 0.1) is 10.9 Å². The summed E-state index contributed by atoms with van der Waals surface area (Å²) >= 11 is 0.939. The largest absolute Gasteiger partial charge is 0.451 e. The zero-order chi connectivity index (χ0) is 22.2. The monoisotopic (exact) mass is 447 g/mol. The number of anilines is 1. The van der Waals surface area contributed by atoms with Crippen LogP contribution in [0.3, 0.4) is 0 Å². The summed E-state index contributed by atoms with van der Waals surface area (Å²) < 4.78 is 44.5. The number of hydrogen-bond donors (Lipinski definition) is 1. The molecule has 4 rings (SSSR count). The molecule has 158 valence electrons. The van der Waals surface area contributed by atoms with Crippen LogP contribution in [0, 0.1) is 0 Å². The number of ether oxygens (including phenoxy) is 1. The molecule has 0 saturated heterocycles. The first-order valence-corrected chi connectivity index (χ1v) is 9.59. The number of pyridine rings is 1. The average Bonchev–Trinajstić information content (AvgIpc) is 3.16. The summed E-state index contributed by atoms with van der Waals surface area (Å²) in [6.07, 6.45) is -3.00. The van der Waals surface area contributed by atoms with Gasteiger partial charge in [-0.2, -0.15) is 13.2 Å². The summed E-state index contributed by atoms with van der Waals surface area (Å²) in [5, 5.41) is 2.47. The van der Waals surface area contributed by atoms with Gasteiger partial charge in [0.25, 0.3) is 11.5 Å². The molecule has 1 aromatic carbocycles. The number of nitrogens with zero attached hydrogens (tertiary/aromatic N) is 2. The Kier molecular flexibility index (Phi) is 5.19. The minimum Gasteiger partial charge on any atom is -0.451 e. The minimum atomic E-state index is -4.55. The van der Waals surface area contributed by atoms with Crippen molar-refractivity contribution >= 4 is 44.8 Å². The molecular weight excluding hydrogens is 435 g/mol. The Labute approximate surface area is 175 Å². The first kappa shape index (κ1) is 20.5. The highest BCUT2D eigenvalue weighted by atomic mass is 32.1. The van der Waals surface area contributed by atoms with Gasteiger partial charge in [0.15, 0.2) is 6.61 Å². The highest BCUT2D eigenvalue weighted by Gasteiger charge is 2.30. The lowest BCUT2D eigenvalue weighted by molar-refractivity contribution is -0.137. The summed E-state index contributed by atoms with van der Waals surface area (Å²) in [5.41, 5.74) is -0.930.